The van der Waals surface area contributed by atoms with E-state index in [4.69, 9.17) is 18.9 Å². The second kappa shape index (κ2) is 21.8. The molecule has 1 aromatic carbocycles. The number of fused-ring (bicyclic) bond motifs is 6. The number of amides is 3. The van der Waals surface area contributed by atoms with E-state index >= 15 is 0 Å². The first-order chi connectivity index (χ1) is 33.4. The summed E-state index contributed by atoms with van der Waals surface area (Å²) < 4.78 is 69.6. The normalized spacial score (nSPS) is 22.4. The molecule has 0 radical (unpaired) electrons. The lowest BCUT2D eigenvalue weighted by molar-refractivity contribution is -0.156. The number of morpholine rings is 1. The quantitative estimate of drug-likeness (QED) is 0.184. The van der Waals surface area contributed by atoms with Gasteiger partial charge in [-0.3, -0.25) is 34.1 Å². The van der Waals surface area contributed by atoms with Crippen molar-refractivity contribution in [1.29, 1.82) is 0 Å². The van der Waals surface area contributed by atoms with Crippen molar-refractivity contribution in [3.05, 3.63) is 47.8 Å². The number of methoxy groups -OCH3 is 1. The number of hydrogen-bond donors (Lipinski definition) is 2. The van der Waals surface area contributed by atoms with Gasteiger partial charge in [-0.15, -0.1) is 0 Å². The van der Waals surface area contributed by atoms with E-state index in [1.165, 1.54) is 16.7 Å². The zero-order valence-corrected chi connectivity index (χ0v) is 42.8. The van der Waals surface area contributed by atoms with Gasteiger partial charge in [0.2, 0.25) is 5.91 Å². The van der Waals surface area contributed by atoms with Crippen LogP contribution in [0.4, 0.5) is 18.9 Å². The summed E-state index contributed by atoms with van der Waals surface area (Å²) in [6.45, 7) is 14.0. The van der Waals surface area contributed by atoms with Gasteiger partial charge in [-0.05, 0) is 102 Å². The Balaban J connectivity index is 1.19. The molecule has 4 aliphatic heterocycles. The fourth-order valence-electron chi connectivity index (χ4n) is 9.47. The largest absolute Gasteiger partial charge is 0.464 e. The monoisotopic (exact) mass is 993 g/mol. The number of halogens is 3. The van der Waals surface area contributed by atoms with Gasteiger partial charge < -0.3 is 38.6 Å². The average Bonchev–Trinajstić information content (AvgIpc) is 3.58. The molecule has 16 nitrogen and oxygen atoms in total. The van der Waals surface area contributed by atoms with Crippen molar-refractivity contribution >= 4 is 40.3 Å². The number of hydrazine groups is 1. The number of rotatable bonds is 11. The van der Waals surface area contributed by atoms with Crippen LogP contribution in [0, 0.1) is 29.1 Å². The number of ether oxygens (including phenoxy) is 4. The molecule has 0 aliphatic carbocycles. The summed E-state index contributed by atoms with van der Waals surface area (Å²) in [5.41, 5.74) is 4.95. The van der Waals surface area contributed by atoms with Crippen LogP contribution in [0.3, 0.4) is 0 Å². The average molecular weight is 993 g/mol. The molecular formula is C52H71F3N8O8. The Morgan fingerprint density at radius 2 is 1.83 bits per heavy atom. The van der Waals surface area contributed by atoms with Crippen molar-refractivity contribution in [2.75, 3.05) is 78.6 Å². The third-order valence-electron chi connectivity index (χ3n) is 14.3. The SMILES string of the molecule is CO[C@@H](C)c1ncccc1-c1c2c3cc(ccc3n1CC(F)(F)F)N1CCO[C@@H](CC(NC(=O)[C@@H](COC3CN(C(=O)C#CC(C)(C)N(C)C)C3)C(C)C)C(=O)N3CCC[C@H](N3)C(=O)OCC(C)(C)C2)C1. The molecule has 3 saturated heterocycles. The van der Waals surface area contributed by atoms with E-state index in [2.05, 4.69) is 32.5 Å². The van der Waals surface area contributed by atoms with Gasteiger partial charge in [-0.2, -0.15) is 13.2 Å². The van der Waals surface area contributed by atoms with Crippen LogP contribution in [0.5, 0.6) is 0 Å². The van der Waals surface area contributed by atoms with Crippen LogP contribution >= 0.6 is 0 Å². The fraction of sp³-hybridized carbons (Fsp3) is 0.635. The number of pyridine rings is 1. The molecule has 5 atom stereocenters. The van der Waals surface area contributed by atoms with Crippen LogP contribution in [0.2, 0.25) is 0 Å². The molecule has 71 heavy (non-hydrogen) atoms. The number of likely N-dealkylation sites (tertiary alicyclic amines) is 1. The smallest absolute Gasteiger partial charge is 0.406 e. The van der Waals surface area contributed by atoms with Gasteiger partial charge in [-0.1, -0.05) is 33.6 Å². The van der Waals surface area contributed by atoms with Gasteiger partial charge in [0.05, 0.1) is 61.0 Å². The molecule has 0 saturated carbocycles. The number of cyclic esters (lactones) is 1. The molecule has 19 heteroatoms. The van der Waals surface area contributed by atoms with E-state index in [1.54, 1.807) is 36.2 Å². The van der Waals surface area contributed by atoms with Gasteiger partial charge in [0.15, 0.2) is 0 Å². The molecule has 4 aliphatic rings. The second-order valence-electron chi connectivity index (χ2n) is 21.3. The zero-order chi connectivity index (χ0) is 51.6. The number of alkyl halides is 3. The third-order valence-corrected chi connectivity index (χ3v) is 14.3. The molecule has 388 valence electrons. The number of nitrogens with one attached hydrogen (secondary N) is 2. The minimum atomic E-state index is -4.58. The van der Waals surface area contributed by atoms with E-state index in [9.17, 15) is 32.3 Å². The minimum Gasteiger partial charge on any atom is -0.464 e. The van der Waals surface area contributed by atoms with Crippen molar-refractivity contribution in [2.45, 2.75) is 123 Å². The topological polar surface area (TPSA) is 160 Å². The van der Waals surface area contributed by atoms with Gasteiger partial charge in [0.1, 0.15) is 18.6 Å². The van der Waals surface area contributed by atoms with Crippen LogP contribution in [0.25, 0.3) is 22.2 Å². The molecule has 6 bridgehead atoms. The summed E-state index contributed by atoms with van der Waals surface area (Å²) in [7, 11) is 5.32. The second-order valence-corrected chi connectivity index (χ2v) is 21.3. The number of carbonyl (C=O) groups excluding carboxylic acids is 4. The van der Waals surface area contributed by atoms with Crippen molar-refractivity contribution < 1.29 is 51.3 Å². The van der Waals surface area contributed by atoms with Crippen molar-refractivity contribution in [3.8, 4) is 23.1 Å². The van der Waals surface area contributed by atoms with Crippen molar-refractivity contribution in [2.24, 2.45) is 17.3 Å². The van der Waals surface area contributed by atoms with E-state index < -0.39 is 65.8 Å². The van der Waals surface area contributed by atoms with Gasteiger partial charge in [0.25, 0.3) is 11.8 Å². The van der Waals surface area contributed by atoms with E-state index in [1.807, 2.05) is 72.7 Å². The number of aromatic nitrogens is 2. The number of nitrogens with zero attached hydrogens (tertiary/aromatic N) is 6. The number of benzene rings is 1. The summed E-state index contributed by atoms with van der Waals surface area (Å²) in [4.78, 5) is 65.9. The summed E-state index contributed by atoms with van der Waals surface area (Å²) in [5, 5.41) is 5.04. The Bertz CT molecular complexity index is 2490. The van der Waals surface area contributed by atoms with Crippen LogP contribution < -0.4 is 15.6 Å². The van der Waals surface area contributed by atoms with Gasteiger partial charge >= 0.3 is 12.1 Å². The predicted octanol–water partition coefficient (Wildman–Crippen LogP) is 5.52. The first kappa shape index (κ1) is 53.5. The highest BCUT2D eigenvalue weighted by Crippen LogP contribution is 2.43. The maximum absolute atomic E-state index is 14.7. The van der Waals surface area contributed by atoms with Crippen LogP contribution in [0.15, 0.2) is 36.5 Å². The lowest BCUT2D eigenvalue weighted by Gasteiger charge is -2.39. The van der Waals surface area contributed by atoms with Gasteiger partial charge in [0, 0.05) is 80.0 Å². The number of anilines is 1. The van der Waals surface area contributed by atoms with Gasteiger partial charge in [-0.25, -0.2) is 5.43 Å². The maximum atomic E-state index is 14.7. The molecule has 2 N–H and O–H groups in total. The Labute approximate surface area is 415 Å². The molecule has 3 amide bonds. The fourth-order valence-corrected chi connectivity index (χ4v) is 9.47. The van der Waals surface area contributed by atoms with Crippen LogP contribution in [-0.2, 0) is 51.1 Å². The number of esters is 1. The van der Waals surface area contributed by atoms with E-state index in [-0.39, 0.29) is 63.0 Å². The highest BCUT2D eigenvalue weighted by molar-refractivity contribution is 5.95. The standard InChI is InChI=1S/C52H71F3N8O8/c1-32(2)40(29-70-36-27-61(28-36)44(64)17-18-51(6,7)59(8)9)47(65)57-42-24-35-26-60(21-22-69-35)34-15-16-43-38(23-34)39(25-50(4,5)31-71-49(67)41-14-12-20-63(58-41)48(42)66)46(62(43)30-52(53,54)55)37-13-11-19-56-45(37)33(3)68-10/h11,13,15-16,19,23,32-33,35-36,40-42,58H,12,14,20-22,24-31H2,1-10H3,(H,57,65)/t33-,35-,40-,41-,42?/m0/s1. The molecule has 0 spiro atoms. The van der Waals surface area contributed by atoms with Crippen LogP contribution in [-0.4, -0.2) is 158 Å². The lowest BCUT2D eigenvalue weighted by atomic mass is 9.84. The number of carbonyl (C=O) groups is 4. The first-order valence-electron chi connectivity index (χ1n) is 24.7. The molecular weight excluding hydrogens is 922 g/mol. The summed E-state index contributed by atoms with van der Waals surface area (Å²) in [5.74, 6) is 3.24. The Morgan fingerprint density at radius 3 is 2.52 bits per heavy atom. The van der Waals surface area contributed by atoms with Crippen molar-refractivity contribution in [3.63, 3.8) is 0 Å². The van der Waals surface area contributed by atoms with E-state index in [0.717, 1.165) is 5.69 Å². The maximum Gasteiger partial charge on any atom is 0.406 e. The molecule has 2 aromatic heterocycles. The first-order valence-corrected chi connectivity index (χ1v) is 24.7. The van der Waals surface area contributed by atoms with E-state index in [0.29, 0.717) is 72.4 Å². The molecule has 3 fully saturated rings. The highest BCUT2D eigenvalue weighted by atomic mass is 19.4. The minimum absolute atomic E-state index is 0.0563. The summed E-state index contributed by atoms with van der Waals surface area (Å²) >= 11 is 0. The predicted molar refractivity (Wildman–Crippen MR) is 262 cm³/mol. The Hall–Kier alpha value is -5.26. The third kappa shape index (κ3) is 12.7. The molecule has 3 aromatic rings. The molecule has 7 rings (SSSR count). The molecule has 1 unspecified atom stereocenters. The Morgan fingerprint density at radius 1 is 1.08 bits per heavy atom. The Kier molecular flexibility index (Phi) is 16.5. The summed E-state index contributed by atoms with van der Waals surface area (Å²) in [6, 6.07) is 6.96. The molecule has 6 heterocycles. The van der Waals surface area contributed by atoms with Crippen LogP contribution in [0.1, 0.15) is 85.1 Å². The zero-order valence-electron chi connectivity index (χ0n) is 42.8. The lowest BCUT2D eigenvalue weighted by Crippen LogP contribution is -2.61. The van der Waals surface area contributed by atoms with Crippen molar-refractivity contribution in [1.82, 2.24) is 35.1 Å². The number of hydrogen-bond acceptors (Lipinski definition) is 12. The summed E-state index contributed by atoms with van der Waals surface area (Å²) in [6.07, 6.45) is -3.18. The highest BCUT2D eigenvalue weighted by Gasteiger charge is 2.40.